The molecule has 1 saturated heterocycles. The Bertz CT molecular complexity index is 991. The monoisotopic (exact) mass is 570 g/mol. The number of hydrogen-bond acceptors (Lipinski definition) is 9. The fourth-order valence-corrected chi connectivity index (χ4v) is 3.95. The van der Waals surface area contributed by atoms with Crippen LogP contribution in [-0.4, -0.2) is 85.3 Å². The van der Waals surface area contributed by atoms with Crippen molar-refractivity contribution in [3.05, 3.63) is 16.1 Å². The van der Waals surface area contributed by atoms with Crippen LogP contribution in [0.1, 0.15) is 41.9 Å². The Morgan fingerprint density at radius 3 is 1.92 bits per heavy atom. The summed E-state index contributed by atoms with van der Waals surface area (Å²) in [5.41, 5.74) is -1.10. The number of ketones is 1. The minimum atomic E-state index is -3.30. The summed E-state index contributed by atoms with van der Waals surface area (Å²) in [5, 5.41) is 7.25. The Morgan fingerprint density at radius 2 is 1.50 bits per heavy atom. The predicted molar refractivity (Wildman–Crippen MR) is 125 cm³/mol. The number of nitrogens with zero attached hydrogens (tertiary/aromatic N) is 1. The van der Waals surface area contributed by atoms with Crippen molar-refractivity contribution in [3.63, 3.8) is 0 Å². The molecule has 11 nitrogen and oxygen atoms in total. The van der Waals surface area contributed by atoms with Crippen LogP contribution < -0.4 is 16.0 Å². The molecule has 0 spiro atoms. The molecule has 214 valence electrons. The molecule has 0 bridgehead atoms. The highest BCUT2D eigenvalue weighted by molar-refractivity contribution is 7.13. The Morgan fingerprint density at radius 1 is 1.00 bits per heavy atom. The first kappa shape index (κ1) is 31.5. The second kappa shape index (κ2) is 13.9. The zero-order valence-corrected chi connectivity index (χ0v) is 21.9. The largest absolute Gasteiger partial charge is 0.361 e. The predicted octanol–water partition coefficient (Wildman–Crippen LogP) is 1.40. The molecule has 1 aromatic rings. The van der Waals surface area contributed by atoms with Crippen molar-refractivity contribution >= 4 is 34.8 Å². The van der Waals surface area contributed by atoms with E-state index in [-0.39, 0.29) is 23.8 Å². The number of aryl methyl sites for hydroxylation is 1. The lowest BCUT2D eigenvalue weighted by Crippen LogP contribution is -2.59. The smallest absolute Gasteiger partial charge is 0.345 e. The topological polar surface area (TPSA) is 148 Å². The van der Waals surface area contributed by atoms with Gasteiger partial charge < -0.3 is 30.2 Å². The van der Waals surface area contributed by atoms with Crippen LogP contribution in [0.25, 0.3) is 0 Å². The number of amides is 3. The molecule has 1 fully saturated rings. The summed E-state index contributed by atoms with van der Waals surface area (Å²) in [6.45, 7) is -1.72. The van der Waals surface area contributed by atoms with Crippen LogP contribution in [0.2, 0.25) is 0 Å². The van der Waals surface area contributed by atoms with Crippen LogP contribution in [-0.2, 0) is 28.6 Å². The summed E-state index contributed by atoms with van der Waals surface area (Å²) < 4.78 is 64.3. The standard InChI is InChI=1S/C22H30F4N4O7S/c1-10(2)5-12(16(31)22(4)9-37-22)28-17(32)13(7-35-20(23)24)29-18(33)14(8-36-21(25)26)30-19(34)15-6-27-11(3)38-15/h6,10,12-14,20-21H,5,7-9H2,1-4H3,(H,28,32)(H,29,33)(H,30,34)/t12-,13-,14-,22-/m0/s1. The van der Waals surface area contributed by atoms with Crippen LogP contribution >= 0.6 is 11.3 Å². The maximum atomic E-state index is 13.0. The lowest BCUT2D eigenvalue weighted by atomic mass is 9.93. The molecule has 1 aromatic heterocycles. The van der Waals surface area contributed by atoms with Gasteiger partial charge in [0.15, 0.2) is 5.78 Å². The number of rotatable bonds is 16. The molecular weight excluding hydrogens is 540 g/mol. The molecule has 0 saturated carbocycles. The summed E-state index contributed by atoms with van der Waals surface area (Å²) >= 11 is 0.972. The molecule has 0 radical (unpaired) electrons. The van der Waals surface area contributed by atoms with Crippen molar-refractivity contribution in [3.8, 4) is 0 Å². The van der Waals surface area contributed by atoms with Gasteiger partial charge in [-0.05, 0) is 26.2 Å². The molecule has 0 aromatic carbocycles. The van der Waals surface area contributed by atoms with Crippen LogP contribution in [0.4, 0.5) is 17.6 Å². The minimum absolute atomic E-state index is 0.0570. The van der Waals surface area contributed by atoms with Gasteiger partial charge in [0.2, 0.25) is 11.8 Å². The zero-order valence-electron chi connectivity index (χ0n) is 21.1. The van der Waals surface area contributed by atoms with E-state index in [1.807, 2.05) is 0 Å². The SMILES string of the molecule is Cc1ncc(C(=O)N[C@@H](COC(F)F)C(=O)N[C@@H](COC(F)F)C(=O)N[C@@H](CC(C)C)C(=O)[C@]2(C)CO2)s1. The van der Waals surface area contributed by atoms with Gasteiger partial charge in [0.1, 0.15) is 22.6 Å². The molecule has 1 aliphatic rings. The average Bonchev–Trinajstić information content (AvgIpc) is 3.43. The van der Waals surface area contributed by atoms with Gasteiger partial charge in [0.25, 0.3) is 5.91 Å². The quantitative estimate of drug-likeness (QED) is 0.200. The number of epoxide rings is 1. The highest BCUT2D eigenvalue weighted by Crippen LogP contribution is 2.29. The average molecular weight is 571 g/mol. The molecule has 3 amide bonds. The van der Waals surface area contributed by atoms with Crippen LogP contribution in [0.15, 0.2) is 6.20 Å². The second-order valence-corrected chi connectivity index (χ2v) is 10.3. The molecule has 2 heterocycles. The van der Waals surface area contributed by atoms with E-state index in [0.29, 0.717) is 5.01 Å². The Hall–Kier alpha value is -2.69. The van der Waals surface area contributed by atoms with Crippen molar-refractivity contribution in [1.29, 1.82) is 0 Å². The Labute approximate surface area is 220 Å². The fourth-order valence-electron chi connectivity index (χ4n) is 3.27. The number of nitrogens with one attached hydrogen (secondary N) is 3. The fraction of sp³-hybridized carbons (Fsp3) is 0.682. The van der Waals surface area contributed by atoms with Gasteiger partial charge in [0.05, 0.1) is 37.1 Å². The number of alkyl halides is 4. The molecule has 1 aliphatic heterocycles. The Balaban J connectivity index is 2.19. The lowest BCUT2D eigenvalue weighted by Gasteiger charge is -2.26. The van der Waals surface area contributed by atoms with E-state index in [9.17, 15) is 36.7 Å². The first-order valence-electron chi connectivity index (χ1n) is 11.5. The molecule has 4 atom stereocenters. The number of ether oxygens (including phenoxy) is 3. The summed E-state index contributed by atoms with van der Waals surface area (Å²) in [7, 11) is 0. The van der Waals surface area contributed by atoms with E-state index in [1.165, 1.54) is 13.1 Å². The Kier molecular flexibility index (Phi) is 11.5. The van der Waals surface area contributed by atoms with E-state index in [0.717, 1.165) is 11.3 Å². The third-order valence-corrected chi connectivity index (χ3v) is 6.23. The molecular formula is C22H30F4N4O7S. The van der Waals surface area contributed by atoms with Gasteiger partial charge in [-0.1, -0.05) is 13.8 Å². The highest BCUT2D eigenvalue weighted by atomic mass is 32.1. The summed E-state index contributed by atoms with van der Waals surface area (Å²) in [6.07, 6.45) is 1.40. The van der Waals surface area contributed by atoms with Gasteiger partial charge in [-0.15, -0.1) is 11.3 Å². The van der Waals surface area contributed by atoms with Gasteiger partial charge in [0, 0.05) is 0 Å². The maximum Gasteiger partial charge on any atom is 0.345 e. The first-order valence-corrected chi connectivity index (χ1v) is 12.3. The third kappa shape index (κ3) is 9.89. The van der Waals surface area contributed by atoms with Crippen molar-refractivity contribution in [2.75, 3.05) is 19.8 Å². The number of carbonyl (C=O) groups excluding carboxylic acids is 4. The van der Waals surface area contributed by atoms with Crippen molar-refractivity contribution in [2.24, 2.45) is 5.92 Å². The molecule has 2 rings (SSSR count). The summed E-state index contributed by atoms with van der Waals surface area (Å²) in [6, 6.07) is -4.58. The van der Waals surface area contributed by atoms with Crippen LogP contribution in [0, 0.1) is 12.8 Å². The number of halogens is 4. The number of Topliss-reactive ketones (excluding diaryl/α,β-unsaturated/α-hetero) is 1. The van der Waals surface area contributed by atoms with Crippen molar-refractivity contribution in [2.45, 2.75) is 71.1 Å². The zero-order chi connectivity index (χ0) is 28.6. The highest BCUT2D eigenvalue weighted by Gasteiger charge is 2.50. The van der Waals surface area contributed by atoms with E-state index in [4.69, 9.17) is 4.74 Å². The number of carbonyl (C=O) groups is 4. The van der Waals surface area contributed by atoms with Gasteiger partial charge in [-0.3, -0.25) is 19.2 Å². The van der Waals surface area contributed by atoms with E-state index in [1.54, 1.807) is 20.8 Å². The van der Waals surface area contributed by atoms with Crippen LogP contribution in [0.3, 0.4) is 0 Å². The first-order chi connectivity index (χ1) is 17.7. The molecule has 16 heteroatoms. The lowest BCUT2D eigenvalue weighted by molar-refractivity contribution is -0.152. The van der Waals surface area contributed by atoms with Gasteiger partial charge in [-0.2, -0.15) is 17.6 Å². The maximum absolute atomic E-state index is 13.0. The third-order valence-electron chi connectivity index (χ3n) is 5.32. The van der Waals surface area contributed by atoms with E-state index < -0.39 is 73.7 Å². The van der Waals surface area contributed by atoms with Gasteiger partial charge in [-0.25, -0.2) is 4.98 Å². The molecule has 0 unspecified atom stereocenters. The number of aromatic nitrogens is 1. The second-order valence-electron chi connectivity index (χ2n) is 9.09. The van der Waals surface area contributed by atoms with E-state index in [2.05, 4.69) is 30.4 Å². The normalized spacial score (nSPS) is 19.2. The molecule has 38 heavy (non-hydrogen) atoms. The minimum Gasteiger partial charge on any atom is -0.361 e. The number of thiazole rings is 1. The molecule has 3 N–H and O–H groups in total. The van der Waals surface area contributed by atoms with Crippen molar-refractivity contribution < 1.29 is 51.0 Å². The van der Waals surface area contributed by atoms with Gasteiger partial charge >= 0.3 is 13.2 Å². The van der Waals surface area contributed by atoms with E-state index >= 15 is 0 Å². The summed E-state index contributed by atoms with van der Waals surface area (Å²) in [4.78, 5) is 55.1. The molecule has 0 aliphatic carbocycles. The summed E-state index contributed by atoms with van der Waals surface area (Å²) in [5.74, 6) is -3.56. The van der Waals surface area contributed by atoms with Crippen LogP contribution in [0.5, 0.6) is 0 Å². The number of hydrogen-bond donors (Lipinski definition) is 3. The van der Waals surface area contributed by atoms with Crippen molar-refractivity contribution in [1.82, 2.24) is 20.9 Å².